The highest BCUT2D eigenvalue weighted by molar-refractivity contribution is 6.33. The van der Waals surface area contributed by atoms with Crippen LogP contribution >= 0.6 is 11.6 Å². The Morgan fingerprint density at radius 3 is 2.81 bits per heavy atom. The van der Waals surface area contributed by atoms with Crippen LogP contribution in [0.4, 0.5) is 33.2 Å². The smallest absolute Gasteiger partial charge is 0.253 e. The number of fused-ring (bicyclic) bond motifs is 1. The van der Waals surface area contributed by atoms with Crippen molar-refractivity contribution in [2.45, 2.75) is 20.4 Å². The molecular formula is C25H27ClFN7O2. The van der Waals surface area contributed by atoms with E-state index in [0.29, 0.717) is 5.69 Å². The van der Waals surface area contributed by atoms with Crippen LogP contribution in [-0.2, 0) is 11.3 Å². The van der Waals surface area contributed by atoms with Gasteiger partial charge in [-0.05, 0) is 36.4 Å². The Morgan fingerprint density at radius 1 is 1.28 bits per heavy atom. The maximum atomic E-state index is 14.7. The minimum Gasteiger partial charge on any atom is -0.383 e. The third-order valence-electron chi connectivity index (χ3n) is 5.91. The lowest BCUT2D eigenvalue weighted by Gasteiger charge is -2.22. The van der Waals surface area contributed by atoms with Crippen molar-refractivity contribution in [2.24, 2.45) is 0 Å². The molecular weight excluding hydrogens is 485 g/mol. The predicted octanol–water partition coefficient (Wildman–Crippen LogP) is 4.30. The van der Waals surface area contributed by atoms with E-state index < -0.39 is 11.7 Å². The summed E-state index contributed by atoms with van der Waals surface area (Å²) in [6.07, 6.45) is 1.32. The molecule has 9 nitrogen and oxygen atoms in total. The molecule has 3 N–H and O–H groups in total. The van der Waals surface area contributed by atoms with Crippen molar-refractivity contribution in [1.29, 1.82) is 0 Å². The summed E-state index contributed by atoms with van der Waals surface area (Å²) in [4.78, 5) is 37.3. The number of anilines is 5. The average Bonchev–Trinajstić information content (AvgIpc) is 3.08. The standard InChI is InChI=1S/C25H27ClFN7O2/c1-4-33-11-10-29-21-12-17(9-8-16(21)14-33)34(15(2)35)25-30-13-19(26)23(32-25)31-22-18(24(36)28-3)6-5-7-20(22)27/h5-9,12-13,29H,4,10-11,14H2,1-3H3,(H,28,36)(H,30,31,32). The Labute approximate surface area is 213 Å². The molecule has 11 heteroatoms. The number of hydrogen-bond acceptors (Lipinski definition) is 7. The Bertz CT molecular complexity index is 1300. The van der Waals surface area contributed by atoms with Crippen LogP contribution in [0.15, 0.2) is 42.6 Å². The maximum Gasteiger partial charge on any atom is 0.253 e. The van der Waals surface area contributed by atoms with E-state index in [1.165, 1.54) is 43.3 Å². The summed E-state index contributed by atoms with van der Waals surface area (Å²) in [5.74, 6) is -1.35. The second kappa shape index (κ2) is 10.9. The van der Waals surface area contributed by atoms with Crippen LogP contribution in [0, 0.1) is 5.82 Å². The van der Waals surface area contributed by atoms with Gasteiger partial charge in [0, 0.05) is 39.3 Å². The summed E-state index contributed by atoms with van der Waals surface area (Å²) in [5, 5.41) is 8.80. The number of nitrogens with one attached hydrogen (secondary N) is 3. The van der Waals surface area contributed by atoms with Crippen LogP contribution in [-0.4, -0.2) is 53.4 Å². The third kappa shape index (κ3) is 5.24. The van der Waals surface area contributed by atoms with Crippen molar-refractivity contribution in [1.82, 2.24) is 20.2 Å². The molecule has 0 fully saturated rings. The van der Waals surface area contributed by atoms with Gasteiger partial charge in [0.15, 0.2) is 5.82 Å². The number of nitrogens with zero attached hydrogens (tertiary/aromatic N) is 4. The summed E-state index contributed by atoms with van der Waals surface area (Å²) in [6.45, 7) is 6.98. The number of benzene rings is 2. The van der Waals surface area contributed by atoms with Gasteiger partial charge in [0.25, 0.3) is 5.91 Å². The fourth-order valence-electron chi connectivity index (χ4n) is 4.03. The molecule has 2 aromatic carbocycles. The molecule has 36 heavy (non-hydrogen) atoms. The Balaban J connectivity index is 1.71. The van der Waals surface area contributed by atoms with Crippen molar-refractivity contribution >= 4 is 52.2 Å². The SMILES string of the molecule is CCN1CCNc2cc(N(C(C)=O)c3ncc(Cl)c(Nc4c(F)cccc4C(=O)NC)n3)ccc2C1. The quantitative estimate of drug-likeness (QED) is 0.453. The van der Waals surface area contributed by atoms with Crippen molar-refractivity contribution in [3.05, 3.63) is 64.6 Å². The van der Waals surface area contributed by atoms with E-state index in [1.54, 1.807) is 0 Å². The molecule has 1 aliphatic rings. The van der Waals surface area contributed by atoms with Gasteiger partial charge in [-0.3, -0.25) is 14.5 Å². The van der Waals surface area contributed by atoms with E-state index in [4.69, 9.17) is 11.6 Å². The summed E-state index contributed by atoms with van der Waals surface area (Å²) in [6, 6.07) is 9.83. The van der Waals surface area contributed by atoms with Crippen molar-refractivity contribution < 1.29 is 14.0 Å². The lowest BCUT2D eigenvalue weighted by atomic mass is 10.1. The van der Waals surface area contributed by atoms with Gasteiger partial charge in [-0.1, -0.05) is 30.7 Å². The zero-order valence-electron chi connectivity index (χ0n) is 20.2. The maximum absolute atomic E-state index is 14.7. The number of amides is 2. The molecule has 1 aromatic heterocycles. The van der Waals surface area contributed by atoms with E-state index in [1.807, 2.05) is 18.2 Å². The molecule has 2 heterocycles. The predicted molar refractivity (Wildman–Crippen MR) is 139 cm³/mol. The van der Waals surface area contributed by atoms with Crippen LogP contribution in [0.3, 0.4) is 0 Å². The molecule has 1 aliphatic heterocycles. The Kier molecular flexibility index (Phi) is 7.66. The topological polar surface area (TPSA) is 102 Å². The molecule has 0 spiro atoms. The van der Waals surface area contributed by atoms with Gasteiger partial charge >= 0.3 is 0 Å². The van der Waals surface area contributed by atoms with Crippen molar-refractivity contribution in [2.75, 3.05) is 42.2 Å². The van der Waals surface area contributed by atoms with Crippen LogP contribution in [0.5, 0.6) is 0 Å². The van der Waals surface area contributed by atoms with E-state index in [0.717, 1.165) is 37.4 Å². The number of para-hydroxylation sites is 1. The van der Waals surface area contributed by atoms with Crippen molar-refractivity contribution in [3.63, 3.8) is 0 Å². The normalized spacial score (nSPS) is 13.2. The number of carbonyl (C=O) groups excluding carboxylic acids is 2. The highest BCUT2D eigenvalue weighted by atomic mass is 35.5. The molecule has 2 amide bonds. The number of halogens is 2. The zero-order chi connectivity index (χ0) is 25.8. The average molecular weight is 512 g/mol. The van der Waals surface area contributed by atoms with Crippen molar-refractivity contribution in [3.8, 4) is 0 Å². The van der Waals surface area contributed by atoms with E-state index in [9.17, 15) is 14.0 Å². The molecule has 188 valence electrons. The first-order valence-corrected chi connectivity index (χ1v) is 11.9. The summed E-state index contributed by atoms with van der Waals surface area (Å²) in [7, 11) is 1.45. The zero-order valence-corrected chi connectivity index (χ0v) is 21.0. The molecule has 0 radical (unpaired) electrons. The fourth-order valence-corrected chi connectivity index (χ4v) is 4.17. The van der Waals surface area contributed by atoms with E-state index in [-0.39, 0.29) is 33.9 Å². The highest BCUT2D eigenvalue weighted by Gasteiger charge is 2.23. The number of carbonyl (C=O) groups is 2. The Morgan fingerprint density at radius 2 is 2.08 bits per heavy atom. The van der Waals surface area contributed by atoms with E-state index in [2.05, 4.69) is 37.7 Å². The third-order valence-corrected chi connectivity index (χ3v) is 6.19. The molecule has 0 bridgehead atoms. The molecule has 3 aromatic rings. The monoisotopic (exact) mass is 511 g/mol. The lowest BCUT2D eigenvalue weighted by molar-refractivity contribution is -0.115. The van der Waals surface area contributed by atoms with Crippen LogP contribution in [0.1, 0.15) is 29.8 Å². The first-order valence-electron chi connectivity index (χ1n) is 11.5. The van der Waals surface area contributed by atoms with Crippen LogP contribution in [0.2, 0.25) is 5.02 Å². The van der Waals surface area contributed by atoms with E-state index >= 15 is 0 Å². The summed E-state index contributed by atoms with van der Waals surface area (Å²) >= 11 is 6.31. The second-order valence-corrected chi connectivity index (χ2v) is 8.63. The van der Waals surface area contributed by atoms with Gasteiger partial charge < -0.3 is 16.0 Å². The first kappa shape index (κ1) is 25.3. The van der Waals surface area contributed by atoms with Gasteiger partial charge in [-0.2, -0.15) is 4.98 Å². The Hall–Kier alpha value is -3.76. The lowest BCUT2D eigenvalue weighted by Crippen LogP contribution is -2.25. The van der Waals surface area contributed by atoms with Gasteiger partial charge in [0.2, 0.25) is 11.9 Å². The summed E-state index contributed by atoms with van der Waals surface area (Å²) in [5.41, 5.74) is 2.62. The van der Waals surface area contributed by atoms with Crippen LogP contribution in [0.25, 0.3) is 0 Å². The first-order chi connectivity index (χ1) is 17.3. The van der Waals surface area contributed by atoms with Gasteiger partial charge in [0.1, 0.15) is 10.8 Å². The second-order valence-electron chi connectivity index (χ2n) is 8.22. The molecule has 0 aliphatic carbocycles. The summed E-state index contributed by atoms with van der Waals surface area (Å²) < 4.78 is 14.7. The van der Waals surface area contributed by atoms with Gasteiger partial charge in [-0.15, -0.1) is 0 Å². The minimum atomic E-state index is -0.659. The molecule has 4 rings (SSSR count). The molecule has 0 saturated heterocycles. The van der Waals surface area contributed by atoms with Gasteiger partial charge in [-0.25, -0.2) is 14.3 Å². The minimum absolute atomic E-state index is 0.0506. The number of rotatable bonds is 6. The van der Waals surface area contributed by atoms with Crippen LogP contribution < -0.4 is 20.9 Å². The molecule has 0 saturated carbocycles. The molecule has 0 atom stereocenters. The highest BCUT2D eigenvalue weighted by Crippen LogP contribution is 2.33. The molecule has 0 unspecified atom stereocenters. The number of likely N-dealkylation sites (N-methyl/N-ethyl adjacent to an activating group) is 1. The number of aromatic nitrogens is 2. The largest absolute Gasteiger partial charge is 0.383 e. The van der Waals surface area contributed by atoms with Gasteiger partial charge in [0.05, 0.1) is 23.1 Å². The fraction of sp³-hybridized carbons (Fsp3) is 0.280. The number of hydrogen-bond donors (Lipinski definition) is 3.